The fourth-order valence-corrected chi connectivity index (χ4v) is 4.92. The summed E-state index contributed by atoms with van der Waals surface area (Å²) in [5.41, 5.74) is 3.88. The van der Waals surface area contributed by atoms with Crippen LogP contribution in [0.1, 0.15) is 37.3 Å². The highest BCUT2D eigenvalue weighted by Gasteiger charge is 2.39. The Morgan fingerprint density at radius 2 is 1.77 bits per heavy atom. The molecular weight excluding hydrogens is 394 g/mol. The predicted molar refractivity (Wildman–Crippen MR) is 121 cm³/mol. The van der Waals surface area contributed by atoms with Gasteiger partial charge in [0, 0.05) is 18.6 Å². The topological polar surface area (TPSA) is 75.4 Å². The summed E-state index contributed by atoms with van der Waals surface area (Å²) in [4.78, 5) is 2.61. The van der Waals surface area contributed by atoms with Gasteiger partial charge in [-0.05, 0) is 68.5 Å². The van der Waals surface area contributed by atoms with E-state index in [9.17, 15) is 8.42 Å². The Morgan fingerprint density at radius 3 is 2.40 bits per heavy atom. The summed E-state index contributed by atoms with van der Waals surface area (Å²) in [6.45, 7) is 5.22. The maximum absolute atomic E-state index is 11.4. The van der Waals surface area contributed by atoms with E-state index in [-0.39, 0.29) is 4.90 Å². The summed E-state index contributed by atoms with van der Waals surface area (Å²) in [6, 6.07) is 18.7. The van der Waals surface area contributed by atoms with Crippen LogP contribution in [0.3, 0.4) is 0 Å². The molecule has 6 heteroatoms. The lowest BCUT2D eigenvalue weighted by Crippen LogP contribution is -2.43. The van der Waals surface area contributed by atoms with E-state index in [0.717, 1.165) is 38.0 Å². The minimum atomic E-state index is -3.62. The van der Waals surface area contributed by atoms with Gasteiger partial charge in [-0.2, -0.15) is 0 Å². The average Bonchev–Trinajstić information content (AvgIpc) is 3.49. The van der Waals surface area contributed by atoms with Crippen LogP contribution in [0.15, 0.2) is 65.1 Å². The molecule has 0 amide bonds. The Morgan fingerprint density at radius 1 is 1.10 bits per heavy atom. The molecule has 30 heavy (non-hydrogen) atoms. The second kappa shape index (κ2) is 9.02. The molecule has 0 aromatic heterocycles. The van der Waals surface area contributed by atoms with Crippen LogP contribution in [-0.2, 0) is 16.6 Å². The molecule has 2 unspecified atom stereocenters. The highest BCUT2D eigenvalue weighted by molar-refractivity contribution is 7.89. The molecule has 1 aliphatic heterocycles. The fraction of sp³-hybridized carbons (Fsp3) is 0.417. The van der Waals surface area contributed by atoms with Crippen molar-refractivity contribution in [2.24, 2.45) is 11.1 Å². The summed E-state index contributed by atoms with van der Waals surface area (Å²) < 4.78 is 22.8. The number of sulfonamides is 1. The number of likely N-dealkylation sites (tertiary alicyclic amines) is 1. The molecule has 1 aliphatic carbocycles. The molecule has 2 aromatic rings. The summed E-state index contributed by atoms with van der Waals surface area (Å²) in [6.07, 6.45) is 5.86. The van der Waals surface area contributed by atoms with E-state index >= 15 is 0 Å². The molecule has 2 fully saturated rings. The zero-order valence-corrected chi connectivity index (χ0v) is 18.3. The van der Waals surface area contributed by atoms with Gasteiger partial charge in [-0.15, -0.1) is 0 Å². The predicted octanol–water partition coefficient (Wildman–Crippen LogP) is 3.38. The van der Waals surface area contributed by atoms with Crippen molar-refractivity contribution in [1.82, 2.24) is 10.2 Å². The molecule has 2 atom stereocenters. The van der Waals surface area contributed by atoms with Crippen LogP contribution in [0.5, 0.6) is 0 Å². The zero-order chi connectivity index (χ0) is 21.1. The summed E-state index contributed by atoms with van der Waals surface area (Å²) >= 11 is 0. The SMILES string of the molecule is CC(=Cc1ccccc1)C1CC1NC1CCN(Cc2ccc(S(N)(=O)=O)cc2)CC1. The monoisotopic (exact) mass is 425 g/mol. The van der Waals surface area contributed by atoms with Crippen molar-refractivity contribution in [2.45, 2.75) is 49.7 Å². The largest absolute Gasteiger partial charge is 0.311 e. The molecule has 5 nitrogen and oxygen atoms in total. The smallest absolute Gasteiger partial charge is 0.238 e. The van der Waals surface area contributed by atoms with Gasteiger partial charge in [-0.3, -0.25) is 4.90 Å². The van der Waals surface area contributed by atoms with Gasteiger partial charge < -0.3 is 5.32 Å². The Balaban J connectivity index is 1.21. The summed E-state index contributed by atoms with van der Waals surface area (Å²) in [5, 5.41) is 9.04. The summed E-state index contributed by atoms with van der Waals surface area (Å²) in [7, 11) is -3.62. The van der Waals surface area contributed by atoms with Crippen molar-refractivity contribution in [2.75, 3.05) is 13.1 Å². The van der Waals surface area contributed by atoms with Crippen LogP contribution >= 0.6 is 0 Å². The molecule has 0 spiro atoms. The Labute approximate surface area is 180 Å². The van der Waals surface area contributed by atoms with Gasteiger partial charge in [-0.1, -0.05) is 54.1 Å². The maximum atomic E-state index is 11.4. The number of nitrogens with one attached hydrogen (secondary N) is 1. The third-order valence-corrected chi connectivity index (χ3v) is 7.19. The highest BCUT2D eigenvalue weighted by atomic mass is 32.2. The molecule has 160 valence electrons. The van der Waals surface area contributed by atoms with Crippen LogP contribution < -0.4 is 10.5 Å². The highest BCUT2D eigenvalue weighted by Crippen LogP contribution is 2.38. The second-order valence-electron chi connectivity index (χ2n) is 8.65. The van der Waals surface area contributed by atoms with Crippen LogP contribution in [0.4, 0.5) is 0 Å². The number of piperidine rings is 1. The van der Waals surface area contributed by atoms with Gasteiger partial charge in [0.15, 0.2) is 0 Å². The van der Waals surface area contributed by atoms with Crippen molar-refractivity contribution in [3.05, 3.63) is 71.3 Å². The van der Waals surface area contributed by atoms with Crippen LogP contribution in [0.2, 0.25) is 0 Å². The molecule has 2 aliphatic rings. The van der Waals surface area contributed by atoms with Crippen molar-refractivity contribution < 1.29 is 8.42 Å². The van der Waals surface area contributed by atoms with Gasteiger partial charge in [0.25, 0.3) is 0 Å². The third-order valence-electron chi connectivity index (χ3n) is 6.26. The molecule has 1 heterocycles. The molecule has 0 radical (unpaired) electrons. The standard InChI is InChI=1S/C24H31N3O2S/c1-18(15-19-5-3-2-4-6-19)23-16-24(23)26-21-11-13-27(14-12-21)17-20-7-9-22(10-8-20)30(25,28)29/h2-10,15,21,23-24,26H,11-14,16-17H2,1H3,(H2,25,28,29). The Kier molecular flexibility index (Phi) is 6.39. The molecule has 1 saturated heterocycles. The second-order valence-corrected chi connectivity index (χ2v) is 10.2. The zero-order valence-electron chi connectivity index (χ0n) is 17.5. The van der Waals surface area contributed by atoms with Crippen LogP contribution in [0, 0.1) is 5.92 Å². The molecule has 0 bridgehead atoms. The number of nitrogens with two attached hydrogens (primary N) is 1. The van der Waals surface area contributed by atoms with E-state index in [4.69, 9.17) is 5.14 Å². The first-order valence-corrected chi connectivity index (χ1v) is 12.3. The average molecular weight is 426 g/mol. The first-order valence-electron chi connectivity index (χ1n) is 10.7. The molecule has 3 N–H and O–H groups in total. The minimum absolute atomic E-state index is 0.171. The van der Waals surface area contributed by atoms with Gasteiger partial charge in [0.2, 0.25) is 10.0 Å². The van der Waals surface area contributed by atoms with E-state index in [1.165, 1.54) is 17.6 Å². The first-order chi connectivity index (χ1) is 14.4. The van der Waals surface area contributed by atoms with Crippen LogP contribution in [0.25, 0.3) is 6.08 Å². The molecular formula is C24H31N3O2S. The van der Waals surface area contributed by atoms with E-state index in [0.29, 0.717) is 18.0 Å². The number of primary sulfonamides is 1. The van der Waals surface area contributed by atoms with Gasteiger partial charge in [0.05, 0.1) is 4.90 Å². The number of hydrogen-bond donors (Lipinski definition) is 2. The lowest BCUT2D eigenvalue weighted by molar-refractivity contribution is 0.189. The van der Waals surface area contributed by atoms with Gasteiger partial charge >= 0.3 is 0 Å². The van der Waals surface area contributed by atoms with Gasteiger partial charge in [0.1, 0.15) is 0 Å². The maximum Gasteiger partial charge on any atom is 0.238 e. The minimum Gasteiger partial charge on any atom is -0.311 e. The first kappa shape index (κ1) is 21.2. The van der Waals surface area contributed by atoms with Crippen molar-refractivity contribution in [1.29, 1.82) is 0 Å². The number of rotatable bonds is 7. The number of benzene rings is 2. The lowest BCUT2D eigenvalue weighted by atomic mass is 10.0. The molecule has 4 rings (SSSR count). The summed E-state index contributed by atoms with van der Waals surface area (Å²) in [5.74, 6) is 0.667. The van der Waals surface area contributed by atoms with Gasteiger partial charge in [-0.25, -0.2) is 13.6 Å². The fourth-order valence-electron chi connectivity index (χ4n) is 4.40. The lowest BCUT2D eigenvalue weighted by Gasteiger charge is -2.32. The van der Waals surface area contributed by atoms with Crippen molar-refractivity contribution in [3.63, 3.8) is 0 Å². The Hall–Kier alpha value is -1.99. The van der Waals surface area contributed by atoms with E-state index < -0.39 is 10.0 Å². The van der Waals surface area contributed by atoms with Crippen LogP contribution in [-0.4, -0.2) is 38.5 Å². The quantitative estimate of drug-likeness (QED) is 0.713. The van der Waals surface area contributed by atoms with E-state index in [2.05, 4.69) is 53.5 Å². The number of nitrogens with zero attached hydrogens (tertiary/aromatic N) is 1. The Bertz CT molecular complexity index is 979. The van der Waals surface area contributed by atoms with Crippen molar-refractivity contribution >= 4 is 16.1 Å². The molecule has 2 aromatic carbocycles. The van der Waals surface area contributed by atoms with Crippen molar-refractivity contribution in [3.8, 4) is 0 Å². The third kappa shape index (κ3) is 5.58. The van der Waals surface area contributed by atoms with E-state index in [1.54, 1.807) is 12.1 Å². The van der Waals surface area contributed by atoms with E-state index in [1.807, 2.05) is 12.1 Å². The number of hydrogen-bond acceptors (Lipinski definition) is 4. The normalized spacial score (nSPS) is 23.5. The molecule has 1 saturated carbocycles.